The third kappa shape index (κ3) is 3.39. The van der Waals surface area contributed by atoms with Gasteiger partial charge in [0, 0.05) is 23.8 Å². The summed E-state index contributed by atoms with van der Waals surface area (Å²) in [6, 6.07) is 13.1. The zero-order valence-corrected chi connectivity index (χ0v) is 15.4. The predicted octanol–water partition coefficient (Wildman–Crippen LogP) is 3.17. The molecular weight excluding hydrogens is 360 g/mol. The van der Waals surface area contributed by atoms with Crippen molar-refractivity contribution in [1.82, 2.24) is 20.4 Å². The molecular formula is C20H18N4O4. The number of aromatic amines is 1. The average molecular weight is 378 g/mol. The fourth-order valence-corrected chi connectivity index (χ4v) is 2.87. The zero-order chi connectivity index (χ0) is 19.5. The van der Waals surface area contributed by atoms with Crippen molar-refractivity contribution in [1.29, 1.82) is 0 Å². The van der Waals surface area contributed by atoms with Crippen LogP contribution in [0.4, 0.5) is 0 Å². The first-order valence-corrected chi connectivity index (χ1v) is 8.58. The van der Waals surface area contributed by atoms with E-state index in [1.807, 2.05) is 36.5 Å². The Labute approximate surface area is 160 Å². The molecule has 0 fully saturated rings. The van der Waals surface area contributed by atoms with E-state index in [9.17, 15) is 4.79 Å². The van der Waals surface area contributed by atoms with Gasteiger partial charge in [-0.15, -0.1) is 0 Å². The first-order chi connectivity index (χ1) is 13.7. The first-order valence-electron chi connectivity index (χ1n) is 8.58. The van der Waals surface area contributed by atoms with Crippen LogP contribution in [0, 0.1) is 0 Å². The number of carbonyl (C=O) groups is 1. The van der Waals surface area contributed by atoms with Gasteiger partial charge in [-0.05, 0) is 35.2 Å². The van der Waals surface area contributed by atoms with E-state index in [2.05, 4.69) is 20.4 Å². The van der Waals surface area contributed by atoms with Crippen LogP contribution in [0.5, 0.6) is 11.5 Å². The standard InChI is InChI=1S/C20H18N4O4/c1-26-16-6-3-12(9-17(16)27-2)11-22-19(25)20-23-18(24-28-20)14-5-4-13-7-8-21-15(13)10-14/h3-10,21H,11H2,1-2H3,(H,22,25). The molecule has 0 bridgehead atoms. The SMILES string of the molecule is COc1ccc(CNC(=O)c2nc(-c3ccc4cc[nH]c4c3)no2)cc1OC. The molecule has 0 saturated heterocycles. The molecule has 4 rings (SSSR count). The summed E-state index contributed by atoms with van der Waals surface area (Å²) in [5.41, 5.74) is 2.57. The summed E-state index contributed by atoms with van der Waals surface area (Å²) < 4.78 is 15.6. The maximum atomic E-state index is 12.3. The molecule has 142 valence electrons. The fraction of sp³-hybridized carbons (Fsp3) is 0.150. The highest BCUT2D eigenvalue weighted by Gasteiger charge is 2.16. The highest BCUT2D eigenvalue weighted by atomic mass is 16.5. The highest BCUT2D eigenvalue weighted by Crippen LogP contribution is 2.27. The topological polar surface area (TPSA) is 102 Å². The minimum atomic E-state index is -0.450. The second-order valence-corrected chi connectivity index (χ2v) is 6.07. The molecule has 0 aliphatic heterocycles. The number of H-pyrrole nitrogens is 1. The van der Waals surface area contributed by atoms with Crippen LogP contribution in [0.15, 0.2) is 53.2 Å². The van der Waals surface area contributed by atoms with Crippen molar-refractivity contribution in [2.24, 2.45) is 0 Å². The number of ether oxygens (including phenoxy) is 2. The van der Waals surface area contributed by atoms with Gasteiger partial charge in [-0.25, -0.2) is 0 Å². The summed E-state index contributed by atoms with van der Waals surface area (Å²) in [5.74, 6) is 1.02. The van der Waals surface area contributed by atoms with Crippen LogP contribution in [-0.4, -0.2) is 35.3 Å². The Morgan fingerprint density at radius 2 is 1.96 bits per heavy atom. The first kappa shape index (κ1) is 17.6. The van der Waals surface area contributed by atoms with Crippen LogP contribution in [0.2, 0.25) is 0 Å². The molecule has 0 saturated carbocycles. The van der Waals surface area contributed by atoms with Gasteiger partial charge in [-0.3, -0.25) is 4.79 Å². The molecule has 8 nitrogen and oxygen atoms in total. The lowest BCUT2D eigenvalue weighted by Gasteiger charge is -2.09. The monoisotopic (exact) mass is 378 g/mol. The maximum absolute atomic E-state index is 12.3. The third-order valence-electron chi connectivity index (χ3n) is 4.33. The number of amides is 1. The Morgan fingerprint density at radius 3 is 2.79 bits per heavy atom. The number of rotatable bonds is 6. The summed E-state index contributed by atoms with van der Waals surface area (Å²) in [4.78, 5) is 19.7. The zero-order valence-electron chi connectivity index (χ0n) is 15.4. The summed E-state index contributed by atoms with van der Waals surface area (Å²) in [6.45, 7) is 0.283. The van der Waals surface area contributed by atoms with Gasteiger partial charge in [-0.2, -0.15) is 4.98 Å². The van der Waals surface area contributed by atoms with Crippen LogP contribution in [0.25, 0.3) is 22.3 Å². The van der Waals surface area contributed by atoms with Crippen molar-refractivity contribution in [3.63, 3.8) is 0 Å². The molecule has 8 heteroatoms. The van der Waals surface area contributed by atoms with Crippen LogP contribution in [-0.2, 0) is 6.54 Å². The van der Waals surface area contributed by atoms with Crippen LogP contribution in [0.3, 0.4) is 0 Å². The smallest absolute Gasteiger partial charge is 0.316 e. The van der Waals surface area contributed by atoms with Gasteiger partial charge in [0.2, 0.25) is 5.82 Å². The number of nitrogens with zero attached hydrogens (tertiary/aromatic N) is 2. The number of fused-ring (bicyclic) bond motifs is 1. The summed E-state index contributed by atoms with van der Waals surface area (Å²) in [5, 5.41) is 7.75. The van der Waals surface area contributed by atoms with E-state index in [0.29, 0.717) is 17.3 Å². The van der Waals surface area contributed by atoms with Gasteiger partial charge in [0.05, 0.1) is 14.2 Å². The van der Waals surface area contributed by atoms with E-state index in [1.165, 1.54) is 0 Å². The van der Waals surface area contributed by atoms with E-state index >= 15 is 0 Å². The molecule has 1 amide bonds. The van der Waals surface area contributed by atoms with Crippen LogP contribution >= 0.6 is 0 Å². The molecule has 0 unspecified atom stereocenters. The number of carbonyl (C=O) groups excluding carboxylic acids is 1. The number of methoxy groups -OCH3 is 2. The molecule has 0 aliphatic rings. The minimum Gasteiger partial charge on any atom is -0.493 e. The Bertz CT molecular complexity index is 1130. The van der Waals surface area contributed by atoms with Crippen LogP contribution in [0.1, 0.15) is 16.2 Å². The summed E-state index contributed by atoms with van der Waals surface area (Å²) in [6.07, 6.45) is 1.86. The van der Waals surface area contributed by atoms with Gasteiger partial charge < -0.3 is 24.3 Å². The van der Waals surface area contributed by atoms with Gasteiger partial charge in [0.1, 0.15) is 0 Å². The lowest BCUT2D eigenvalue weighted by Crippen LogP contribution is -2.23. The lowest BCUT2D eigenvalue weighted by atomic mass is 10.1. The summed E-state index contributed by atoms with van der Waals surface area (Å²) >= 11 is 0. The Kier molecular flexibility index (Phi) is 4.67. The Balaban J connectivity index is 1.46. The number of nitrogens with one attached hydrogen (secondary N) is 2. The van der Waals surface area contributed by atoms with E-state index in [0.717, 1.165) is 22.0 Å². The van der Waals surface area contributed by atoms with Gasteiger partial charge >= 0.3 is 11.8 Å². The van der Waals surface area contributed by atoms with E-state index < -0.39 is 5.91 Å². The van der Waals surface area contributed by atoms with Gasteiger partial charge in [0.15, 0.2) is 11.5 Å². The molecule has 2 aromatic carbocycles. The molecule has 28 heavy (non-hydrogen) atoms. The molecule has 2 heterocycles. The Hall–Kier alpha value is -3.81. The molecule has 0 aliphatic carbocycles. The number of hydrogen-bond acceptors (Lipinski definition) is 6. The molecule has 2 aromatic heterocycles. The highest BCUT2D eigenvalue weighted by molar-refractivity contribution is 5.90. The number of aromatic nitrogens is 3. The van der Waals surface area contributed by atoms with Crippen molar-refractivity contribution in [3.05, 3.63) is 60.1 Å². The molecule has 2 N–H and O–H groups in total. The van der Waals surface area contributed by atoms with Crippen molar-refractivity contribution in [3.8, 4) is 22.9 Å². The van der Waals surface area contributed by atoms with E-state index in [1.54, 1.807) is 26.4 Å². The lowest BCUT2D eigenvalue weighted by molar-refractivity contribution is 0.0907. The molecule has 0 radical (unpaired) electrons. The van der Waals surface area contributed by atoms with Crippen molar-refractivity contribution in [2.75, 3.05) is 14.2 Å². The van der Waals surface area contributed by atoms with E-state index in [4.69, 9.17) is 14.0 Å². The molecule has 0 atom stereocenters. The van der Waals surface area contributed by atoms with E-state index in [-0.39, 0.29) is 12.4 Å². The summed E-state index contributed by atoms with van der Waals surface area (Å²) in [7, 11) is 3.13. The minimum absolute atomic E-state index is 0.0953. The quantitative estimate of drug-likeness (QED) is 0.534. The van der Waals surface area contributed by atoms with Gasteiger partial charge in [0.25, 0.3) is 0 Å². The average Bonchev–Trinajstić information content (AvgIpc) is 3.40. The number of benzene rings is 2. The van der Waals surface area contributed by atoms with Crippen molar-refractivity contribution in [2.45, 2.75) is 6.54 Å². The largest absolute Gasteiger partial charge is 0.493 e. The Morgan fingerprint density at radius 1 is 1.11 bits per heavy atom. The van der Waals surface area contributed by atoms with Crippen LogP contribution < -0.4 is 14.8 Å². The third-order valence-corrected chi connectivity index (χ3v) is 4.33. The van der Waals surface area contributed by atoms with Crippen molar-refractivity contribution >= 4 is 16.8 Å². The predicted molar refractivity (Wildman–Crippen MR) is 102 cm³/mol. The van der Waals surface area contributed by atoms with Gasteiger partial charge in [-0.1, -0.05) is 23.4 Å². The second-order valence-electron chi connectivity index (χ2n) is 6.07. The molecule has 0 spiro atoms. The second kappa shape index (κ2) is 7.43. The fourth-order valence-electron chi connectivity index (χ4n) is 2.87. The number of hydrogen-bond donors (Lipinski definition) is 2. The molecule has 4 aromatic rings. The van der Waals surface area contributed by atoms with Crippen molar-refractivity contribution < 1.29 is 18.8 Å². The normalized spacial score (nSPS) is 10.8. The maximum Gasteiger partial charge on any atom is 0.316 e.